The zero-order valence-corrected chi connectivity index (χ0v) is 9.32. The Hall–Kier alpha value is -0.610. The van der Waals surface area contributed by atoms with Crippen LogP contribution in [0.15, 0.2) is 0 Å². The molecule has 0 radical (unpaired) electrons. The fourth-order valence-corrected chi connectivity index (χ4v) is 2.34. The van der Waals surface area contributed by atoms with E-state index in [2.05, 4.69) is 6.92 Å². The summed E-state index contributed by atoms with van der Waals surface area (Å²) in [6.45, 7) is 4.43. The number of rotatable bonds is 1. The molecule has 0 bridgehead atoms. The number of likely N-dealkylation sites (tertiary alicyclic amines) is 1. The first-order valence-corrected chi connectivity index (χ1v) is 5.84. The van der Waals surface area contributed by atoms with E-state index >= 15 is 0 Å². The van der Waals surface area contributed by atoms with Crippen molar-refractivity contribution in [1.29, 1.82) is 0 Å². The Morgan fingerprint density at radius 3 is 2.87 bits per heavy atom. The first kappa shape index (κ1) is 10.9. The van der Waals surface area contributed by atoms with Crippen LogP contribution < -0.4 is 5.73 Å². The molecule has 3 atom stereocenters. The minimum atomic E-state index is -0.175. The van der Waals surface area contributed by atoms with E-state index < -0.39 is 0 Å². The van der Waals surface area contributed by atoms with Gasteiger partial charge in [-0.1, -0.05) is 6.92 Å². The van der Waals surface area contributed by atoms with Crippen molar-refractivity contribution in [2.45, 2.75) is 38.3 Å². The highest BCUT2D eigenvalue weighted by molar-refractivity contribution is 5.81. The van der Waals surface area contributed by atoms with Crippen molar-refractivity contribution >= 4 is 5.91 Å². The van der Waals surface area contributed by atoms with E-state index in [1.54, 1.807) is 0 Å². The van der Waals surface area contributed by atoms with Crippen molar-refractivity contribution in [3.63, 3.8) is 0 Å². The van der Waals surface area contributed by atoms with Crippen LogP contribution in [-0.2, 0) is 9.53 Å². The molecule has 0 saturated carbocycles. The summed E-state index contributed by atoms with van der Waals surface area (Å²) in [5.41, 5.74) is 5.92. The second-order valence-corrected chi connectivity index (χ2v) is 4.72. The highest BCUT2D eigenvalue weighted by atomic mass is 16.5. The van der Waals surface area contributed by atoms with Crippen LogP contribution >= 0.6 is 0 Å². The third-order valence-electron chi connectivity index (χ3n) is 3.49. The van der Waals surface area contributed by atoms with Crippen molar-refractivity contribution in [2.24, 2.45) is 11.7 Å². The molecular weight excluding hydrogens is 192 g/mol. The molecule has 2 rings (SSSR count). The standard InChI is InChI=1S/C11H20N2O2/c1-8-7-13(5-4-9(8)12)11(14)10-3-2-6-15-10/h8-10H,2-7,12H2,1H3/t8?,9?,10-/m1/s1. The molecule has 2 heterocycles. The van der Waals surface area contributed by atoms with Gasteiger partial charge in [0.05, 0.1) is 0 Å². The topological polar surface area (TPSA) is 55.6 Å². The predicted molar refractivity (Wildman–Crippen MR) is 57.3 cm³/mol. The molecule has 4 nitrogen and oxygen atoms in total. The summed E-state index contributed by atoms with van der Waals surface area (Å²) < 4.78 is 5.41. The largest absolute Gasteiger partial charge is 0.368 e. The van der Waals surface area contributed by atoms with Crippen LogP contribution in [-0.4, -0.2) is 42.6 Å². The molecule has 0 aromatic heterocycles. The molecule has 2 unspecified atom stereocenters. The maximum absolute atomic E-state index is 12.0. The van der Waals surface area contributed by atoms with E-state index in [4.69, 9.17) is 10.5 Å². The summed E-state index contributed by atoms with van der Waals surface area (Å²) in [4.78, 5) is 13.9. The van der Waals surface area contributed by atoms with Gasteiger partial charge in [0.1, 0.15) is 6.10 Å². The Morgan fingerprint density at radius 1 is 1.47 bits per heavy atom. The summed E-state index contributed by atoms with van der Waals surface area (Å²) in [6, 6.07) is 0.249. The van der Waals surface area contributed by atoms with Gasteiger partial charge in [-0.15, -0.1) is 0 Å². The molecule has 2 fully saturated rings. The van der Waals surface area contributed by atoms with E-state index in [-0.39, 0.29) is 18.1 Å². The summed E-state index contributed by atoms with van der Waals surface area (Å²) in [5, 5.41) is 0. The number of piperidine rings is 1. The van der Waals surface area contributed by atoms with Gasteiger partial charge in [0.15, 0.2) is 0 Å². The van der Waals surface area contributed by atoms with E-state index in [1.165, 1.54) is 0 Å². The average Bonchev–Trinajstić information content (AvgIpc) is 2.74. The summed E-state index contributed by atoms with van der Waals surface area (Å²) in [7, 11) is 0. The molecule has 2 aliphatic heterocycles. The third kappa shape index (κ3) is 2.32. The van der Waals surface area contributed by atoms with E-state index in [1.807, 2.05) is 4.90 Å². The van der Waals surface area contributed by atoms with Gasteiger partial charge in [0.25, 0.3) is 5.91 Å². The summed E-state index contributed by atoms with van der Waals surface area (Å²) in [5.74, 6) is 0.579. The number of amides is 1. The van der Waals surface area contributed by atoms with Crippen LogP contribution in [0.4, 0.5) is 0 Å². The number of hydrogen-bond donors (Lipinski definition) is 1. The Morgan fingerprint density at radius 2 is 2.27 bits per heavy atom. The van der Waals surface area contributed by atoms with Gasteiger partial charge in [0.2, 0.25) is 0 Å². The lowest BCUT2D eigenvalue weighted by Gasteiger charge is -2.36. The van der Waals surface area contributed by atoms with E-state index in [0.717, 1.165) is 39.0 Å². The van der Waals surface area contributed by atoms with Crippen LogP contribution in [0.2, 0.25) is 0 Å². The lowest BCUT2D eigenvalue weighted by atomic mass is 9.94. The Balaban J connectivity index is 1.90. The van der Waals surface area contributed by atoms with Crippen molar-refractivity contribution < 1.29 is 9.53 Å². The minimum Gasteiger partial charge on any atom is -0.368 e. The number of ether oxygens (including phenoxy) is 1. The molecule has 2 N–H and O–H groups in total. The predicted octanol–water partition coefficient (Wildman–Crippen LogP) is 0.361. The Bertz CT molecular complexity index is 239. The SMILES string of the molecule is CC1CN(C(=O)[C@H]2CCCO2)CCC1N. The van der Waals surface area contributed by atoms with Gasteiger partial charge >= 0.3 is 0 Å². The second-order valence-electron chi connectivity index (χ2n) is 4.72. The smallest absolute Gasteiger partial charge is 0.251 e. The Labute approximate surface area is 90.8 Å². The molecule has 0 aromatic carbocycles. The number of nitrogens with two attached hydrogens (primary N) is 1. The van der Waals surface area contributed by atoms with Crippen molar-refractivity contribution in [1.82, 2.24) is 4.90 Å². The number of carbonyl (C=O) groups excluding carboxylic acids is 1. The Kier molecular flexibility index (Phi) is 3.26. The van der Waals surface area contributed by atoms with Crippen LogP contribution in [0.1, 0.15) is 26.2 Å². The van der Waals surface area contributed by atoms with Crippen LogP contribution in [0.25, 0.3) is 0 Å². The van der Waals surface area contributed by atoms with Gasteiger partial charge in [-0.25, -0.2) is 0 Å². The molecule has 4 heteroatoms. The highest BCUT2D eigenvalue weighted by Gasteiger charge is 2.32. The molecule has 0 aromatic rings. The average molecular weight is 212 g/mol. The molecule has 0 spiro atoms. The third-order valence-corrected chi connectivity index (χ3v) is 3.49. The summed E-state index contributed by atoms with van der Waals surface area (Å²) in [6.07, 6.45) is 2.64. The van der Waals surface area contributed by atoms with Crippen LogP contribution in [0.5, 0.6) is 0 Å². The molecule has 15 heavy (non-hydrogen) atoms. The van der Waals surface area contributed by atoms with Crippen LogP contribution in [0, 0.1) is 5.92 Å². The fourth-order valence-electron chi connectivity index (χ4n) is 2.34. The zero-order valence-electron chi connectivity index (χ0n) is 9.32. The van der Waals surface area contributed by atoms with Gasteiger partial charge < -0.3 is 15.4 Å². The van der Waals surface area contributed by atoms with Crippen molar-refractivity contribution in [2.75, 3.05) is 19.7 Å². The quantitative estimate of drug-likeness (QED) is 0.683. The normalized spacial score (nSPS) is 36.9. The molecule has 0 aliphatic carbocycles. The van der Waals surface area contributed by atoms with Gasteiger partial charge in [-0.3, -0.25) is 4.79 Å². The lowest BCUT2D eigenvalue weighted by Crippen LogP contribution is -2.50. The number of nitrogens with zero attached hydrogens (tertiary/aromatic N) is 1. The molecule has 86 valence electrons. The van der Waals surface area contributed by atoms with Crippen molar-refractivity contribution in [3.8, 4) is 0 Å². The first-order valence-electron chi connectivity index (χ1n) is 5.84. The molecule has 2 aliphatic rings. The maximum Gasteiger partial charge on any atom is 0.251 e. The van der Waals surface area contributed by atoms with E-state index in [9.17, 15) is 4.79 Å². The minimum absolute atomic E-state index is 0.172. The summed E-state index contributed by atoms with van der Waals surface area (Å²) >= 11 is 0. The lowest BCUT2D eigenvalue weighted by molar-refractivity contribution is -0.142. The van der Waals surface area contributed by atoms with Gasteiger partial charge in [-0.2, -0.15) is 0 Å². The number of hydrogen-bond acceptors (Lipinski definition) is 3. The molecule has 1 amide bonds. The second kappa shape index (κ2) is 4.49. The van der Waals surface area contributed by atoms with Crippen LogP contribution in [0.3, 0.4) is 0 Å². The van der Waals surface area contributed by atoms with Crippen molar-refractivity contribution in [3.05, 3.63) is 0 Å². The van der Waals surface area contributed by atoms with Gasteiger partial charge in [0, 0.05) is 25.7 Å². The highest BCUT2D eigenvalue weighted by Crippen LogP contribution is 2.20. The maximum atomic E-state index is 12.0. The fraction of sp³-hybridized carbons (Fsp3) is 0.909. The monoisotopic (exact) mass is 212 g/mol. The van der Waals surface area contributed by atoms with Gasteiger partial charge in [-0.05, 0) is 25.2 Å². The molecular formula is C11H20N2O2. The first-order chi connectivity index (χ1) is 7.18. The molecule has 2 saturated heterocycles. The number of carbonyl (C=O) groups is 1. The zero-order chi connectivity index (χ0) is 10.8. The van der Waals surface area contributed by atoms with E-state index in [0.29, 0.717) is 5.92 Å².